The third-order valence-corrected chi connectivity index (χ3v) is 5.71. The predicted octanol–water partition coefficient (Wildman–Crippen LogP) is 3.31. The molecule has 0 amide bonds. The number of ether oxygens (including phenoxy) is 1. The van der Waals surface area contributed by atoms with Crippen molar-refractivity contribution in [2.24, 2.45) is 4.99 Å². The molecule has 1 aliphatic rings. The fourth-order valence-corrected chi connectivity index (χ4v) is 3.64. The van der Waals surface area contributed by atoms with Gasteiger partial charge in [-0.15, -0.1) is 24.0 Å². The first-order chi connectivity index (χ1) is 14.0. The van der Waals surface area contributed by atoms with Gasteiger partial charge in [0.1, 0.15) is 0 Å². The van der Waals surface area contributed by atoms with Crippen LogP contribution in [-0.2, 0) is 17.8 Å². The van der Waals surface area contributed by atoms with Gasteiger partial charge in [0.25, 0.3) is 0 Å². The summed E-state index contributed by atoms with van der Waals surface area (Å²) in [6.45, 7) is 20.2. The third-order valence-electron chi connectivity index (χ3n) is 5.71. The van der Waals surface area contributed by atoms with E-state index in [0.717, 1.165) is 65.0 Å². The number of morpholine rings is 1. The van der Waals surface area contributed by atoms with E-state index in [9.17, 15) is 0 Å². The van der Waals surface area contributed by atoms with Crippen molar-refractivity contribution < 1.29 is 4.74 Å². The van der Waals surface area contributed by atoms with Crippen molar-refractivity contribution in [3.05, 3.63) is 35.4 Å². The lowest BCUT2D eigenvalue weighted by Gasteiger charge is -2.41. The molecule has 1 aliphatic heterocycles. The minimum absolute atomic E-state index is 0. The molecule has 2 N–H and O–H groups in total. The molecule has 1 aromatic rings. The highest BCUT2D eigenvalue weighted by molar-refractivity contribution is 14.0. The van der Waals surface area contributed by atoms with E-state index in [1.54, 1.807) is 0 Å². The maximum atomic E-state index is 5.50. The number of rotatable bonds is 10. The minimum Gasteiger partial charge on any atom is -0.379 e. The first-order valence-electron chi connectivity index (χ1n) is 11.1. The number of hydrogen-bond donors (Lipinski definition) is 2. The van der Waals surface area contributed by atoms with Crippen molar-refractivity contribution in [2.45, 2.75) is 53.2 Å². The Labute approximate surface area is 200 Å². The van der Waals surface area contributed by atoms with Crippen molar-refractivity contribution in [3.63, 3.8) is 0 Å². The Bertz CT molecular complexity index is 628. The number of halogens is 1. The van der Waals surface area contributed by atoms with Crippen LogP contribution in [-0.4, -0.2) is 73.8 Å². The molecule has 0 radical (unpaired) electrons. The second-order valence-corrected chi connectivity index (χ2v) is 8.19. The van der Waals surface area contributed by atoms with Crippen LogP contribution in [0.15, 0.2) is 29.3 Å². The summed E-state index contributed by atoms with van der Waals surface area (Å²) >= 11 is 0. The van der Waals surface area contributed by atoms with E-state index in [-0.39, 0.29) is 29.5 Å². The minimum atomic E-state index is 0. The molecule has 0 aliphatic carbocycles. The SMILES string of the molecule is CCNC(=NCc1ccccc1CN(CC)CC)NCC(C)(C)N1CCOCC1.I. The summed E-state index contributed by atoms with van der Waals surface area (Å²) in [4.78, 5) is 9.82. The second kappa shape index (κ2) is 14.2. The third kappa shape index (κ3) is 8.69. The fourth-order valence-electron chi connectivity index (χ4n) is 3.64. The molecular formula is C23H42IN5O. The molecule has 172 valence electrons. The van der Waals surface area contributed by atoms with E-state index in [1.165, 1.54) is 11.1 Å². The van der Waals surface area contributed by atoms with Gasteiger partial charge in [0.05, 0.1) is 19.8 Å². The fraction of sp³-hybridized carbons (Fsp3) is 0.696. The topological polar surface area (TPSA) is 52.1 Å². The average Bonchev–Trinajstić information content (AvgIpc) is 2.75. The highest BCUT2D eigenvalue weighted by atomic mass is 127. The molecule has 0 atom stereocenters. The second-order valence-electron chi connectivity index (χ2n) is 8.19. The average molecular weight is 532 g/mol. The van der Waals surface area contributed by atoms with Crippen molar-refractivity contribution >= 4 is 29.9 Å². The summed E-state index contributed by atoms with van der Waals surface area (Å²) in [5.74, 6) is 0.881. The van der Waals surface area contributed by atoms with E-state index in [0.29, 0.717) is 6.54 Å². The Morgan fingerprint density at radius 3 is 2.30 bits per heavy atom. The molecule has 1 fully saturated rings. The monoisotopic (exact) mass is 531 g/mol. The lowest BCUT2D eigenvalue weighted by Crippen LogP contribution is -2.56. The van der Waals surface area contributed by atoms with E-state index in [1.807, 2.05) is 0 Å². The maximum absolute atomic E-state index is 5.50. The molecule has 1 aromatic carbocycles. The van der Waals surface area contributed by atoms with Gasteiger partial charge in [0.2, 0.25) is 0 Å². The Hall–Kier alpha value is -0.900. The van der Waals surface area contributed by atoms with E-state index in [2.05, 4.69) is 79.3 Å². The maximum Gasteiger partial charge on any atom is 0.191 e. The van der Waals surface area contributed by atoms with Crippen LogP contribution in [0, 0.1) is 0 Å². The quantitative estimate of drug-likeness (QED) is 0.276. The molecule has 2 rings (SSSR count). The summed E-state index contributed by atoms with van der Waals surface area (Å²) < 4.78 is 5.50. The first kappa shape index (κ1) is 27.1. The number of nitrogens with zero attached hydrogens (tertiary/aromatic N) is 3. The zero-order chi connectivity index (χ0) is 21.1. The van der Waals surface area contributed by atoms with Gasteiger partial charge in [-0.1, -0.05) is 38.1 Å². The van der Waals surface area contributed by atoms with Crippen LogP contribution >= 0.6 is 24.0 Å². The molecule has 0 saturated carbocycles. The van der Waals surface area contributed by atoms with Crippen LogP contribution in [0.3, 0.4) is 0 Å². The predicted molar refractivity (Wildman–Crippen MR) is 138 cm³/mol. The van der Waals surface area contributed by atoms with Gasteiger partial charge < -0.3 is 15.4 Å². The van der Waals surface area contributed by atoms with Crippen molar-refractivity contribution in [1.82, 2.24) is 20.4 Å². The molecule has 0 bridgehead atoms. The highest BCUT2D eigenvalue weighted by Crippen LogP contribution is 2.15. The number of guanidine groups is 1. The van der Waals surface area contributed by atoms with Gasteiger partial charge in [0.15, 0.2) is 5.96 Å². The molecule has 1 heterocycles. The number of hydrogen-bond acceptors (Lipinski definition) is 4. The van der Waals surface area contributed by atoms with Crippen LogP contribution in [0.1, 0.15) is 45.7 Å². The largest absolute Gasteiger partial charge is 0.379 e. The summed E-state index contributed by atoms with van der Waals surface area (Å²) in [6, 6.07) is 8.66. The van der Waals surface area contributed by atoms with Gasteiger partial charge in [0, 0.05) is 38.3 Å². The number of benzene rings is 1. The lowest BCUT2D eigenvalue weighted by atomic mass is 10.0. The summed E-state index contributed by atoms with van der Waals surface area (Å²) in [5.41, 5.74) is 2.72. The molecular weight excluding hydrogens is 489 g/mol. The molecule has 0 spiro atoms. The van der Waals surface area contributed by atoms with Crippen LogP contribution in [0.4, 0.5) is 0 Å². The Kier molecular flexibility index (Phi) is 12.9. The van der Waals surface area contributed by atoms with E-state index < -0.39 is 0 Å². The van der Waals surface area contributed by atoms with Crippen LogP contribution < -0.4 is 10.6 Å². The molecule has 0 unspecified atom stereocenters. The Balaban J connectivity index is 0.00000450. The van der Waals surface area contributed by atoms with Gasteiger partial charge in [-0.2, -0.15) is 0 Å². The zero-order valence-corrected chi connectivity index (χ0v) is 21.9. The van der Waals surface area contributed by atoms with Crippen molar-refractivity contribution in [3.8, 4) is 0 Å². The molecule has 1 saturated heterocycles. The van der Waals surface area contributed by atoms with Crippen LogP contribution in [0.5, 0.6) is 0 Å². The summed E-state index contributed by atoms with van der Waals surface area (Å²) in [6.07, 6.45) is 0. The van der Waals surface area contributed by atoms with Crippen LogP contribution in [0.2, 0.25) is 0 Å². The van der Waals surface area contributed by atoms with Gasteiger partial charge >= 0.3 is 0 Å². The lowest BCUT2D eigenvalue weighted by molar-refractivity contribution is -0.00834. The highest BCUT2D eigenvalue weighted by Gasteiger charge is 2.28. The zero-order valence-electron chi connectivity index (χ0n) is 19.5. The van der Waals surface area contributed by atoms with Crippen molar-refractivity contribution in [2.75, 3.05) is 52.5 Å². The summed E-state index contributed by atoms with van der Waals surface area (Å²) in [7, 11) is 0. The van der Waals surface area contributed by atoms with Crippen LogP contribution in [0.25, 0.3) is 0 Å². The number of aliphatic imine (C=N–C) groups is 1. The molecule has 6 nitrogen and oxygen atoms in total. The van der Waals surface area contributed by atoms with Gasteiger partial charge in [-0.05, 0) is 45.0 Å². The van der Waals surface area contributed by atoms with Gasteiger partial charge in [-0.25, -0.2) is 4.99 Å². The number of nitrogens with one attached hydrogen (secondary N) is 2. The molecule has 7 heteroatoms. The Morgan fingerprint density at radius 2 is 1.70 bits per heavy atom. The van der Waals surface area contributed by atoms with Gasteiger partial charge in [-0.3, -0.25) is 9.80 Å². The normalized spacial score (nSPS) is 15.7. The van der Waals surface area contributed by atoms with E-state index in [4.69, 9.17) is 9.73 Å². The molecule has 30 heavy (non-hydrogen) atoms. The molecule has 0 aromatic heterocycles. The van der Waals surface area contributed by atoms with E-state index >= 15 is 0 Å². The standard InChI is InChI=1S/C23H41N5O.HI/c1-6-24-22(26-19-23(4,5)28-13-15-29-16-14-28)25-17-20-11-9-10-12-21(20)18-27(7-2)8-3;/h9-12H,6-8,13-19H2,1-5H3,(H2,24,25,26);1H. The van der Waals surface area contributed by atoms with Crippen molar-refractivity contribution in [1.29, 1.82) is 0 Å². The first-order valence-corrected chi connectivity index (χ1v) is 11.1. The Morgan fingerprint density at radius 1 is 1.07 bits per heavy atom. The summed E-state index contributed by atoms with van der Waals surface area (Å²) in [5, 5.41) is 6.95. The smallest absolute Gasteiger partial charge is 0.191 e.